The van der Waals surface area contributed by atoms with Gasteiger partial charge in [-0.25, -0.2) is 0 Å². The Morgan fingerprint density at radius 2 is 1.40 bits per heavy atom. The highest BCUT2D eigenvalue weighted by molar-refractivity contribution is 4.88. The third-order valence-electron chi connectivity index (χ3n) is 6.46. The number of methoxy groups -OCH3 is 3. The van der Waals surface area contributed by atoms with Gasteiger partial charge in [-0.1, -0.05) is 0 Å². The van der Waals surface area contributed by atoms with E-state index in [1.165, 1.54) is 6.42 Å². The maximum absolute atomic E-state index is 6.33. The molecule has 2 heterocycles. The van der Waals surface area contributed by atoms with Crippen molar-refractivity contribution in [3.8, 4) is 0 Å². The van der Waals surface area contributed by atoms with E-state index in [1.54, 1.807) is 21.3 Å². The number of ether oxygens (including phenoxy) is 5. The smallest absolute Gasteiger partial charge is 0.0714 e. The zero-order valence-corrected chi connectivity index (χ0v) is 20.2. The average Bonchev–Trinajstić information content (AvgIpc) is 3.30. The van der Waals surface area contributed by atoms with Crippen LogP contribution in [0.5, 0.6) is 0 Å². The second-order valence-corrected chi connectivity index (χ2v) is 9.24. The summed E-state index contributed by atoms with van der Waals surface area (Å²) in [5.74, 6) is 0.650. The van der Waals surface area contributed by atoms with Gasteiger partial charge in [0.05, 0.1) is 44.7 Å². The van der Waals surface area contributed by atoms with Crippen LogP contribution in [0.3, 0.4) is 0 Å². The predicted molar refractivity (Wildman–Crippen MR) is 119 cm³/mol. The third-order valence-corrected chi connectivity index (χ3v) is 6.46. The van der Waals surface area contributed by atoms with Crippen molar-refractivity contribution in [1.82, 2.24) is 9.80 Å². The molecule has 30 heavy (non-hydrogen) atoms. The zero-order valence-electron chi connectivity index (χ0n) is 20.2. The molecule has 178 valence electrons. The lowest BCUT2D eigenvalue weighted by molar-refractivity contribution is 0.0118. The molecule has 0 bridgehead atoms. The Morgan fingerprint density at radius 3 is 2.00 bits per heavy atom. The van der Waals surface area contributed by atoms with Gasteiger partial charge in [-0.3, -0.25) is 9.80 Å². The van der Waals surface area contributed by atoms with Crippen LogP contribution in [-0.4, -0.2) is 114 Å². The minimum absolute atomic E-state index is 0.259. The van der Waals surface area contributed by atoms with Crippen LogP contribution in [0.4, 0.5) is 0 Å². The number of likely N-dealkylation sites (tertiary alicyclic amines) is 2. The summed E-state index contributed by atoms with van der Waals surface area (Å²) in [4.78, 5) is 4.99. The Kier molecular flexibility index (Phi) is 12.1. The molecule has 2 fully saturated rings. The molecule has 2 saturated heterocycles. The van der Waals surface area contributed by atoms with Crippen LogP contribution < -0.4 is 0 Å². The highest BCUT2D eigenvalue weighted by Crippen LogP contribution is 2.28. The van der Waals surface area contributed by atoms with Gasteiger partial charge in [0.15, 0.2) is 0 Å². The van der Waals surface area contributed by atoms with Crippen LogP contribution in [-0.2, 0) is 23.7 Å². The van der Waals surface area contributed by atoms with Gasteiger partial charge in [0.25, 0.3) is 0 Å². The van der Waals surface area contributed by atoms with Gasteiger partial charge in [0.2, 0.25) is 0 Å². The third kappa shape index (κ3) is 8.69. The van der Waals surface area contributed by atoms with Gasteiger partial charge >= 0.3 is 0 Å². The monoisotopic (exact) mass is 430 g/mol. The fourth-order valence-corrected chi connectivity index (χ4v) is 4.80. The fraction of sp³-hybridized carbons (Fsp3) is 1.00. The molecule has 5 atom stereocenters. The van der Waals surface area contributed by atoms with E-state index in [9.17, 15) is 0 Å². The number of hydrogen-bond acceptors (Lipinski definition) is 7. The molecule has 0 aliphatic carbocycles. The molecule has 0 saturated carbocycles. The molecule has 2 aliphatic heterocycles. The summed E-state index contributed by atoms with van der Waals surface area (Å²) in [6, 6.07) is 0.906. The van der Waals surface area contributed by atoms with E-state index in [0.29, 0.717) is 24.1 Å². The van der Waals surface area contributed by atoms with Gasteiger partial charge in [-0.05, 0) is 46.0 Å². The van der Waals surface area contributed by atoms with Gasteiger partial charge in [0.1, 0.15) is 0 Å². The van der Waals surface area contributed by atoms with Crippen molar-refractivity contribution < 1.29 is 23.7 Å². The molecule has 7 heteroatoms. The molecule has 2 aliphatic rings. The first-order valence-electron chi connectivity index (χ1n) is 11.7. The Bertz CT molecular complexity index is 453. The Balaban J connectivity index is 1.78. The van der Waals surface area contributed by atoms with Crippen molar-refractivity contribution in [2.45, 2.75) is 70.4 Å². The zero-order chi connectivity index (χ0) is 21.9. The summed E-state index contributed by atoms with van der Waals surface area (Å²) < 4.78 is 28.4. The summed E-state index contributed by atoms with van der Waals surface area (Å²) in [5.41, 5.74) is 0. The van der Waals surface area contributed by atoms with Crippen LogP contribution in [0.1, 0.15) is 40.0 Å². The van der Waals surface area contributed by atoms with E-state index in [2.05, 4.69) is 30.6 Å². The first kappa shape index (κ1) is 26.0. The summed E-state index contributed by atoms with van der Waals surface area (Å²) >= 11 is 0. The van der Waals surface area contributed by atoms with Crippen molar-refractivity contribution in [2.75, 3.05) is 73.9 Å². The first-order chi connectivity index (χ1) is 14.5. The molecule has 0 aromatic rings. The van der Waals surface area contributed by atoms with E-state index >= 15 is 0 Å². The van der Waals surface area contributed by atoms with Crippen LogP contribution in [0.25, 0.3) is 0 Å². The lowest BCUT2D eigenvalue weighted by Crippen LogP contribution is -2.37. The molecule has 2 unspecified atom stereocenters. The highest BCUT2D eigenvalue weighted by atomic mass is 16.5. The Morgan fingerprint density at radius 1 is 0.800 bits per heavy atom. The van der Waals surface area contributed by atoms with Crippen LogP contribution in [0.2, 0.25) is 0 Å². The largest absolute Gasteiger partial charge is 0.383 e. The first-order valence-corrected chi connectivity index (χ1v) is 11.7. The van der Waals surface area contributed by atoms with Gasteiger partial charge < -0.3 is 23.7 Å². The summed E-state index contributed by atoms with van der Waals surface area (Å²) in [5, 5.41) is 0. The summed E-state index contributed by atoms with van der Waals surface area (Å²) in [7, 11) is 5.34. The van der Waals surface area contributed by atoms with E-state index in [1.807, 2.05) is 0 Å². The maximum atomic E-state index is 6.33. The summed E-state index contributed by atoms with van der Waals surface area (Å²) in [6.07, 6.45) is 4.15. The van der Waals surface area contributed by atoms with Crippen molar-refractivity contribution in [2.24, 2.45) is 5.92 Å². The number of hydrogen-bond donors (Lipinski definition) is 0. The molecule has 2 rings (SSSR count). The van der Waals surface area contributed by atoms with Crippen LogP contribution in [0, 0.1) is 5.92 Å². The molecular formula is C23H46N2O5. The molecular weight excluding hydrogens is 384 g/mol. The van der Waals surface area contributed by atoms with E-state index < -0.39 is 0 Å². The fourth-order valence-electron chi connectivity index (χ4n) is 4.80. The normalized spacial score (nSPS) is 29.3. The lowest BCUT2D eigenvalue weighted by atomic mass is 9.99. The average molecular weight is 431 g/mol. The maximum Gasteiger partial charge on any atom is 0.0714 e. The molecule has 0 radical (unpaired) electrons. The Labute approximate surface area is 184 Å². The standard InChI is InChI=1S/C23H46N2O5/c1-18(2)29-16-21-12-20(14-24(21)7-9-26-4)11-19(3)30-17-22-13-23(28-6)15-25(22)8-10-27-5/h18-23H,7-17H2,1-6H3/t19?,20?,21-,22-,23+/m0/s1. The van der Waals surface area contributed by atoms with Crippen molar-refractivity contribution in [1.29, 1.82) is 0 Å². The van der Waals surface area contributed by atoms with E-state index in [0.717, 1.165) is 65.4 Å². The van der Waals surface area contributed by atoms with Gasteiger partial charge in [-0.2, -0.15) is 0 Å². The van der Waals surface area contributed by atoms with E-state index in [-0.39, 0.29) is 12.2 Å². The predicted octanol–water partition coefficient (Wildman–Crippen LogP) is 2.28. The topological polar surface area (TPSA) is 52.6 Å². The number of nitrogens with zero attached hydrogens (tertiary/aromatic N) is 2. The van der Waals surface area contributed by atoms with Crippen molar-refractivity contribution in [3.05, 3.63) is 0 Å². The van der Waals surface area contributed by atoms with Gasteiger partial charge in [-0.15, -0.1) is 0 Å². The minimum atomic E-state index is 0.259. The van der Waals surface area contributed by atoms with Crippen LogP contribution in [0.15, 0.2) is 0 Å². The molecule has 7 nitrogen and oxygen atoms in total. The van der Waals surface area contributed by atoms with E-state index in [4.69, 9.17) is 23.7 Å². The molecule has 0 amide bonds. The second-order valence-electron chi connectivity index (χ2n) is 9.24. The second kappa shape index (κ2) is 14.0. The molecule has 0 aromatic heterocycles. The molecule has 0 spiro atoms. The molecule has 0 N–H and O–H groups in total. The Hall–Kier alpha value is -0.280. The highest BCUT2D eigenvalue weighted by Gasteiger charge is 2.34. The van der Waals surface area contributed by atoms with Gasteiger partial charge in [0, 0.05) is 59.6 Å². The minimum Gasteiger partial charge on any atom is -0.383 e. The van der Waals surface area contributed by atoms with Crippen molar-refractivity contribution in [3.63, 3.8) is 0 Å². The SMILES string of the molecule is COCCN1CC(CC(C)OC[C@@H]2C[C@@H](OC)CN2CCOC)C[C@H]1COC(C)C. The molecule has 0 aromatic carbocycles. The van der Waals surface area contributed by atoms with Crippen LogP contribution >= 0.6 is 0 Å². The summed E-state index contributed by atoms with van der Waals surface area (Å²) in [6.45, 7) is 13.5. The van der Waals surface area contributed by atoms with Crippen molar-refractivity contribution >= 4 is 0 Å². The lowest BCUT2D eigenvalue weighted by Gasteiger charge is -2.26. The quantitative estimate of drug-likeness (QED) is 0.395. The number of rotatable bonds is 15.